The van der Waals surface area contributed by atoms with Crippen LogP contribution in [-0.2, 0) is 0 Å². The third-order valence-electron chi connectivity index (χ3n) is 2.65. The molecule has 2 aromatic rings. The third kappa shape index (κ3) is 2.37. The number of carboxylic acids is 1. The van der Waals surface area contributed by atoms with Crippen molar-refractivity contribution < 1.29 is 14.8 Å². The second-order valence-electron chi connectivity index (χ2n) is 3.89. The molecule has 19 heavy (non-hydrogen) atoms. The van der Waals surface area contributed by atoms with Crippen molar-refractivity contribution in [2.24, 2.45) is 0 Å². The summed E-state index contributed by atoms with van der Waals surface area (Å²) in [6.45, 7) is 0. The molecule has 0 bridgehead atoms. The molecule has 96 valence electrons. The van der Waals surface area contributed by atoms with Gasteiger partial charge in [-0.25, -0.2) is 4.79 Å². The molecule has 0 atom stereocenters. The van der Waals surface area contributed by atoms with Gasteiger partial charge in [0, 0.05) is 11.8 Å². The van der Waals surface area contributed by atoms with E-state index in [2.05, 4.69) is 0 Å². The van der Waals surface area contributed by atoms with E-state index in [1.807, 2.05) is 0 Å². The fourth-order valence-corrected chi connectivity index (χ4v) is 1.84. The first-order valence-corrected chi connectivity index (χ1v) is 5.37. The summed E-state index contributed by atoms with van der Waals surface area (Å²) in [4.78, 5) is 21.3. The molecule has 0 aliphatic rings. The van der Waals surface area contributed by atoms with Crippen LogP contribution in [0.2, 0.25) is 0 Å². The average Bonchev–Trinajstić information content (AvgIpc) is 2.38. The monoisotopic (exact) mass is 258 g/mol. The molecule has 0 fully saturated rings. The molecule has 0 amide bonds. The SMILES string of the molecule is Nc1cc(C(=O)O)cc([N+](=O)[O-])c1-c1ccccc1. The van der Waals surface area contributed by atoms with E-state index in [-0.39, 0.29) is 22.5 Å². The molecule has 3 N–H and O–H groups in total. The Bertz CT molecular complexity index is 653. The van der Waals surface area contributed by atoms with Gasteiger partial charge >= 0.3 is 5.97 Å². The predicted octanol–water partition coefficient (Wildman–Crippen LogP) is 2.54. The van der Waals surface area contributed by atoms with Crippen LogP contribution in [0.15, 0.2) is 42.5 Å². The number of aromatic carboxylic acids is 1. The van der Waals surface area contributed by atoms with E-state index in [1.165, 1.54) is 6.07 Å². The fraction of sp³-hybridized carbons (Fsp3) is 0. The topological polar surface area (TPSA) is 106 Å². The Morgan fingerprint density at radius 2 is 1.84 bits per heavy atom. The average molecular weight is 258 g/mol. The number of nitrogen functional groups attached to an aromatic ring is 1. The zero-order valence-electron chi connectivity index (χ0n) is 9.74. The minimum atomic E-state index is -1.26. The van der Waals surface area contributed by atoms with Crippen LogP contribution in [0.25, 0.3) is 11.1 Å². The molecule has 0 aliphatic carbocycles. The van der Waals surface area contributed by atoms with Gasteiger partial charge in [0.1, 0.15) is 0 Å². The van der Waals surface area contributed by atoms with E-state index < -0.39 is 10.9 Å². The molecule has 6 heteroatoms. The van der Waals surface area contributed by atoms with Gasteiger partial charge in [0.15, 0.2) is 0 Å². The number of nitrogens with zero attached hydrogens (tertiary/aromatic N) is 1. The minimum absolute atomic E-state index is 0.0674. The van der Waals surface area contributed by atoms with Crippen molar-refractivity contribution in [1.29, 1.82) is 0 Å². The van der Waals surface area contributed by atoms with Gasteiger partial charge in [-0.3, -0.25) is 10.1 Å². The number of nitrogens with two attached hydrogens (primary N) is 1. The third-order valence-corrected chi connectivity index (χ3v) is 2.65. The summed E-state index contributed by atoms with van der Waals surface area (Å²) in [5, 5.41) is 20.0. The Labute approximate surface area is 108 Å². The van der Waals surface area contributed by atoms with Gasteiger partial charge in [-0.1, -0.05) is 30.3 Å². The number of carbonyl (C=O) groups is 1. The quantitative estimate of drug-likeness (QED) is 0.499. The fourth-order valence-electron chi connectivity index (χ4n) is 1.84. The van der Waals surface area contributed by atoms with Crippen LogP contribution in [0, 0.1) is 10.1 Å². The molecule has 2 rings (SSSR count). The highest BCUT2D eigenvalue weighted by Crippen LogP contribution is 2.36. The predicted molar refractivity (Wildman–Crippen MR) is 69.9 cm³/mol. The van der Waals surface area contributed by atoms with E-state index >= 15 is 0 Å². The van der Waals surface area contributed by atoms with Crippen LogP contribution in [0.3, 0.4) is 0 Å². The van der Waals surface area contributed by atoms with Gasteiger partial charge < -0.3 is 10.8 Å². The highest BCUT2D eigenvalue weighted by Gasteiger charge is 2.21. The molecule has 0 radical (unpaired) electrons. The second kappa shape index (κ2) is 4.77. The van der Waals surface area contributed by atoms with Crippen molar-refractivity contribution >= 4 is 17.3 Å². The van der Waals surface area contributed by atoms with Crippen molar-refractivity contribution in [1.82, 2.24) is 0 Å². The lowest BCUT2D eigenvalue weighted by atomic mass is 9.99. The normalized spacial score (nSPS) is 10.1. The molecule has 2 aromatic carbocycles. The zero-order valence-corrected chi connectivity index (χ0v) is 9.74. The molecule has 0 aliphatic heterocycles. The summed E-state index contributed by atoms with van der Waals surface area (Å²) < 4.78 is 0. The number of hydrogen-bond acceptors (Lipinski definition) is 4. The molecule has 0 heterocycles. The molecular formula is C13H10N2O4. The number of nitro groups is 1. The molecular weight excluding hydrogens is 248 g/mol. The molecule has 0 saturated carbocycles. The van der Waals surface area contributed by atoms with Crippen LogP contribution in [0.5, 0.6) is 0 Å². The Balaban J connectivity index is 2.73. The Morgan fingerprint density at radius 3 is 2.37 bits per heavy atom. The van der Waals surface area contributed by atoms with Gasteiger partial charge in [0.05, 0.1) is 16.1 Å². The van der Waals surface area contributed by atoms with Crippen LogP contribution in [0.1, 0.15) is 10.4 Å². The number of nitro benzene ring substituents is 1. The number of rotatable bonds is 3. The molecule has 0 spiro atoms. The van der Waals surface area contributed by atoms with Gasteiger partial charge in [-0.2, -0.15) is 0 Å². The first-order chi connectivity index (χ1) is 9.00. The Kier molecular flexibility index (Phi) is 3.15. The molecule has 0 aromatic heterocycles. The van der Waals surface area contributed by atoms with Gasteiger partial charge in [-0.05, 0) is 11.6 Å². The van der Waals surface area contributed by atoms with E-state index in [9.17, 15) is 14.9 Å². The largest absolute Gasteiger partial charge is 0.478 e. The zero-order chi connectivity index (χ0) is 14.0. The number of anilines is 1. The van der Waals surface area contributed by atoms with Crippen molar-refractivity contribution in [2.75, 3.05) is 5.73 Å². The maximum Gasteiger partial charge on any atom is 0.336 e. The summed E-state index contributed by atoms with van der Waals surface area (Å²) in [5.74, 6) is -1.26. The maximum absolute atomic E-state index is 11.1. The summed E-state index contributed by atoms with van der Waals surface area (Å²) in [6.07, 6.45) is 0. The highest BCUT2D eigenvalue weighted by atomic mass is 16.6. The van der Waals surface area contributed by atoms with E-state index in [0.717, 1.165) is 6.07 Å². The van der Waals surface area contributed by atoms with Crippen molar-refractivity contribution in [3.63, 3.8) is 0 Å². The van der Waals surface area contributed by atoms with Gasteiger partial charge in [0.2, 0.25) is 0 Å². The lowest BCUT2D eigenvalue weighted by Gasteiger charge is -2.08. The van der Waals surface area contributed by atoms with Crippen LogP contribution < -0.4 is 5.73 Å². The molecule has 0 unspecified atom stereocenters. The molecule has 0 saturated heterocycles. The van der Waals surface area contributed by atoms with Crippen LogP contribution >= 0.6 is 0 Å². The number of hydrogen-bond donors (Lipinski definition) is 2. The van der Waals surface area contributed by atoms with E-state index in [1.54, 1.807) is 30.3 Å². The summed E-state index contributed by atoms with van der Waals surface area (Å²) in [7, 11) is 0. The van der Waals surface area contributed by atoms with E-state index in [4.69, 9.17) is 10.8 Å². The summed E-state index contributed by atoms with van der Waals surface area (Å²) in [5.41, 5.74) is 6.11. The Hall–Kier alpha value is -2.89. The Morgan fingerprint density at radius 1 is 1.21 bits per heavy atom. The second-order valence-corrected chi connectivity index (χ2v) is 3.89. The highest BCUT2D eigenvalue weighted by molar-refractivity contribution is 5.95. The summed E-state index contributed by atoms with van der Waals surface area (Å²) in [6, 6.07) is 10.8. The van der Waals surface area contributed by atoms with Gasteiger partial charge in [-0.15, -0.1) is 0 Å². The standard InChI is InChI=1S/C13H10N2O4/c14-10-6-9(13(16)17)7-11(15(18)19)12(10)8-4-2-1-3-5-8/h1-7H,14H2,(H,16,17). The molecule has 6 nitrogen and oxygen atoms in total. The lowest BCUT2D eigenvalue weighted by Crippen LogP contribution is -2.03. The number of carboxylic acid groups (broad SMARTS) is 1. The number of benzene rings is 2. The summed E-state index contributed by atoms with van der Waals surface area (Å²) >= 11 is 0. The lowest BCUT2D eigenvalue weighted by molar-refractivity contribution is -0.384. The smallest absolute Gasteiger partial charge is 0.336 e. The first kappa shape index (κ1) is 12.6. The first-order valence-electron chi connectivity index (χ1n) is 5.37. The van der Waals surface area contributed by atoms with Crippen molar-refractivity contribution in [3.05, 3.63) is 58.1 Å². The minimum Gasteiger partial charge on any atom is -0.478 e. The van der Waals surface area contributed by atoms with Crippen molar-refractivity contribution in [3.8, 4) is 11.1 Å². The van der Waals surface area contributed by atoms with Gasteiger partial charge in [0.25, 0.3) is 5.69 Å². The van der Waals surface area contributed by atoms with E-state index in [0.29, 0.717) is 5.56 Å². The maximum atomic E-state index is 11.1. The van der Waals surface area contributed by atoms with Crippen LogP contribution in [0.4, 0.5) is 11.4 Å². The van der Waals surface area contributed by atoms with Crippen molar-refractivity contribution in [2.45, 2.75) is 0 Å². The van der Waals surface area contributed by atoms with Crippen LogP contribution in [-0.4, -0.2) is 16.0 Å².